The van der Waals surface area contributed by atoms with E-state index in [0.29, 0.717) is 6.04 Å². The Kier molecular flexibility index (Phi) is 4.37. The van der Waals surface area contributed by atoms with Crippen LogP contribution in [0.1, 0.15) is 24.1 Å². The van der Waals surface area contributed by atoms with Gasteiger partial charge >= 0.3 is 0 Å². The molecule has 0 saturated carbocycles. The van der Waals surface area contributed by atoms with Crippen LogP contribution in [0.4, 0.5) is 5.69 Å². The Bertz CT molecular complexity index is 647. The number of thiophene rings is 1. The van der Waals surface area contributed by atoms with Crippen molar-refractivity contribution in [2.45, 2.75) is 19.5 Å². The maximum Gasteiger partial charge on any atom is 0.0518 e. The number of anilines is 1. The molecule has 0 amide bonds. The summed E-state index contributed by atoms with van der Waals surface area (Å²) in [5.74, 6) is 0. The minimum absolute atomic E-state index is 0.341. The van der Waals surface area contributed by atoms with Gasteiger partial charge in [-0.2, -0.15) is 11.3 Å². The average molecular weight is 293 g/mol. The summed E-state index contributed by atoms with van der Waals surface area (Å²) >= 11 is 1.76. The molecule has 0 aliphatic rings. The Morgan fingerprint density at radius 2 is 1.57 bits per heavy atom. The summed E-state index contributed by atoms with van der Waals surface area (Å²) in [4.78, 5) is 2.46. The summed E-state index contributed by atoms with van der Waals surface area (Å²) in [5, 5.41) is 4.37. The third-order valence-corrected chi connectivity index (χ3v) is 4.50. The molecule has 2 heteroatoms. The topological polar surface area (TPSA) is 3.24 Å². The van der Waals surface area contributed by atoms with Gasteiger partial charge in [0.15, 0.2) is 0 Å². The molecule has 0 N–H and O–H groups in total. The fourth-order valence-electron chi connectivity index (χ4n) is 2.56. The third-order valence-electron chi connectivity index (χ3n) is 3.77. The van der Waals surface area contributed by atoms with E-state index >= 15 is 0 Å². The molecule has 3 aromatic rings. The molecule has 1 aromatic heterocycles. The molecule has 0 unspecified atom stereocenters. The number of nitrogens with zero attached hydrogens (tertiary/aromatic N) is 1. The van der Waals surface area contributed by atoms with Gasteiger partial charge in [0, 0.05) is 12.2 Å². The standard InChI is InChI=1S/C19H19NS/c1-16(18-8-4-2-5-9-18)20(14-17-12-13-21-15-17)19-10-6-3-7-11-19/h2-13,15-16H,14H2,1H3/t16-/m0/s1. The van der Waals surface area contributed by atoms with Crippen LogP contribution in [0.2, 0.25) is 0 Å². The van der Waals surface area contributed by atoms with Crippen molar-refractivity contribution in [3.8, 4) is 0 Å². The van der Waals surface area contributed by atoms with Gasteiger partial charge in [0.1, 0.15) is 0 Å². The molecule has 21 heavy (non-hydrogen) atoms. The van der Waals surface area contributed by atoms with Crippen molar-refractivity contribution in [1.29, 1.82) is 0 Å². The van der Waals surface area contributed by atoms with Crippen LogP contribution >= 0.6 is 11.3 Å². The third kappa shape index (κ3) is 3.34. The molecular formula is C19H19NS. The summed E-state index contributed by atoms with van der Waals surface area (Å²) in [6.07, 6.45) is 0. The molecule has 1 atom stereocenters. The monoisotopic (exact) mass is 293 g/mol. The maximum absolute atomic E-state index is 2.46. The number of rotatable bonds is 5. The zero-order valence-electron chi connectivity index (χ0n) is 12.1. The van der Waals surface area contributed by atoms with Gasteiger partial charge in [-0.3, -0.25) is 0 Å². The van der Waals surface area contributed by atoms with Gasteiger partial charge < -0.3 is 4.90 Å². The molecule has 0 radical (unpaired) electrons. The Labute approximate surface area is 130 Å². The van der Waals surface area contributed by atoms with Crippen LogP contribution in [-0.4, -0.2) is 0 Å². The summed E-state index contributed by atoms with van der Waals surface area (Å²) in [6.45, 7) is 3.21. The Morgan fingerprint density at radius 1 is 0.905 bits per heavy atom. The largest absolute Gasteiger partial charge is 0.360 e. The molecular weight excluding hydrogens is 274 g/mol. The van der Waals surface area contributed by atoms with Gasteiger partial charge in [-0.25, -0.2) is 0 Å². The van der Waals surface area contributed by atoms with Crippen molar-refractivity contribution in [2.75, 3.05) is 4.90 Å². The minimum Gasteiger partial charge on any atom is -0.360 e. The first-order chi connectivity index (χ1) is 10.3. The van der Waals surface area contributed by atoms with E-state index in [1.165, 1.54) is 16.8 Å². The van der Waals surface area contributed by atoms with Gasteiger partial charge in [-0.15, -0.1) is 0 Å². The zero-order valence-corrected chi connectivity index (χ0v) is 13.0. The lowest BCUT2D eigenvalue weighted by molar-refractivity contribution is 0.670. The fraction of sp³-hybridized carbons (Fsp3) is 0.158. The smallest absolute Gasteiger partial charge is 0.0518 e. The highest BCUT2D eigenvalue weighted by atomic mass is 32.1. The SMILES string of the molecule is C[C@@H](c1ccccc1)N(Cc1ccsc1)c1ccccc1. The minimum atomic E-state index is 0.341. The molecule has 106 valence electrons. The molecule has 1 nitrogen and oxygen atoms in total. The molecule has 3 rings (SSSR count). The van der Waals surface area contributed by atoms with Crippen LogP contribution in [0, 0.1) is 0 Å². The average Bonchev–Trinajstić information content (AvgIpc) is 3.07. The lowest BCUT2D eigenvalue weighted by atomic mass is 10.1. The number of hydrogen-bond donors (Lipinski definition) is 0. The molecule has 2 aromatic carbocycles. The van der Waals surface area contributed by atoms with Crippen molar-refractivity contribution in [1.82, 2.24) is 0 Å². The zero-order chi connectivity index (χ0) is 14.5. The quantitative estimate of drug-likeness (QED) is 0.599. The lowest BCUT2D eigenvalue weighted by Crippen LogP contribution is -2.26. The van der Waals surface area contributed by atoms with E-state index in [2.05, 4.69) is 89.3 Å². The van der Waals surface area contributed by atoms with E-state index in [9.17, 15) is 0 Å². The Balaban J connectivity index is 1.92. The Morgan fingerprint density at radius 3 is 2.19 bits per heavy atom. The highest BCUT2D eigenvalue weighted by Gasteiger charge is 2.16. The van der Waals surface area contributed by atoms with E-state index < -0.39 is 0 Å². The van der Waals surface area contributed by atoms with Crippen LogP contribution in [-0.2, 0) is 6.54 Å². The summed E-state index contributed by atoms with van der Waals surface area (Å²) < 4.78 is 0. The predicted octanol–water partition coefficient (Wildman–Crippen LogP) is 5.52. The van der Waals surface area contributed by atoms with Crippen LogP contribution in [0.5, 0.6) is 0 Å². The second-order valence-corrected chi connectivity index (χ2v) is 5.96. The highest BCUT2D eigenvalue weighted by Crippen LogP contribution is 2.29. The molecule has 0 fully saturated rings. The van der Waals surface area contributed by atoms with E-state index in [-0.39, 0.29) is 0 Å². The van der Waals surface area contributed by atoms with E-state index in [1.807, 2.05) is 0 Å². The number of para-hydroxylation sites is 1. The molecule has 0 aliphatic heterocycles. The number of benzene rings is 2. The van der Waals surface area contributed by atoms with Gasteiger partial charge in [0.05, 0.1) is 6.04 Å². The van der Waals surface area contributed by atoms with Crippen LogP contribution in [0.25, 0.3) is 0 Å². The van der Waals surface area contributed by atoms with Crippen molar-refractivity contribution >= 4 is 17.0 Å². The van der Waals surface area contributed by atoms with Crippen molar-refractivity contribution in [3.63, 3.8) is 0 Å². The molecule has 0 saturated heterocycles. The lowest BCUT2D eigenvalue weighted by Gasteiger charge is -2.31. The molecule has 0 spiro atoms. The van der Waals surface area contributed by atoms with Crippen LogP contribution in [0.3, 0.4) is 0 Å². The number of hydrogen-bond acceptors (Lipinski definition) is 2. The second-order valence-electron chi connectivity index (χ2n) is 5.18. The molecule has 1 heterocycles. The van der Waals surface area contributed by atoms with Crippen molar-refractivity contribution in [3.05, 3.63) is 88.6 Å². The first kappa shape index (κ1) is 13.9. The Hall–Kier alpha value is -2.06. The first-order valence-electron chi connectivity index (χ1n) is 7.22. The van der Waals surface area contributed by atoms with E-state index in [4.69, 9.17) is 0 Å². The molecule has 0 bridgehead atoms. The molecule has 0 aliphatic carbocycles. The van der Waals surface area contributed by atoms with Gasteiger partial charge in [-0.05, 0) is 47.0 Å². The van der Waals surface area contributed by atoms with Crippen LogP contribution < -0.4 is 4.90 Å². The fourth-order valence-corrected chi connectivity index (χ4v) is 3.22. The van der Waals surface area contributed by atoms with Gasteiger partial charge in [-0.1, -0.05) is 48.5 Å². The first-order valence-corrected chi connectivity index (χ1v) is 8.16. The normalized spacial score (nSPS) is 12.0. The van der Waals surface area contributed by atoms with Crippen molar-refractivity contribution in [2.24, 2.45) is 0 Å². The van der Waals surface area contributed by atoms with Crippen molar-refractivity contribution < 1.29 is 0 Å². The van der Waals surface area contributed by atoms with E-state index in [0.717, 1.165) is 6.54 Å². The van der Waals surface area contributed by atoms with Crippen LogP contribution in [0.15, 0.2) is 77.5 Å². The predicted molar refractivity (Wildman–Crippen MR) is 91.8 cm³/mol. The maximum atomic E-state index is 2.46. The summed E-state index contributed by atoms with van der Waals surface area (Å²) in [6, 6.07) is 23.9. The summed E-state index contributed by atoms with van der Waals surface area (Å²) in [7, 11) is 0. The van der Waals surface area contributed by atoms with E-state index in [1.54, 1.807) is 11.3 Å². The second kappa shape index (κ2) is 6.59. The summed E-state index contributed by atoms with van der Waals surface area (Å²) in [5.41, 5.74) is 3.98. The highest BCUT2D eigenvalue weighted by molar-refractivity contribution is 7.07. The van der Waals surface area contributed by atoms with Gasteiger partial charge in [0.25, 0.3) is 0 Å². The van der Waals surface area contributed by atoms with Gasteiger partial charge in [0.2, 0.25) is 0 Å².